The quantitative estimate of drug-likeness (QED) is 0.646. The van der Waals surface area contributed by atoms with Gasteiger partial charge in [0.1, 0.15) is 0 Å². The maximum absolute atomic E-state index is 11.1. The van der Waals surface area contributed by atoms with Crippen molar-refractivity contribution in [1.82, 2.24) is 0 Å². The van der Waals surface area contributed by atoms with Crippen molar-refractivity contribution in [3.8, 4) is 0 Å². The van der Waals surface area contributed by atoms with Crippen molar-refractivity contribution >= 4 is 5.97 Å². The highest BCUT2D eigenvalue weighted by molar-refractivity contribution is 5.80. The van der Waals surface area contributed by atoms with Gasteiger partial charge in [0, 0.05) is 0 Å². The smallest absolute Gasteiger partial charge is 0.310 e. The molecule has 0 saturated heterocycles. The summed E-state index contributed by atoms with van der Waals surface area (Å²) in [6.07, 6.45) is 5.87. The molecular formula is C10H14O2. The largest absolute Gasteiger partial charge is 0.481 e. The zero-order valence-electron chi connectivity index (χ0n) is 7.12. The summed E-state index contributed by atoms with van der Waals surface area (Å²) in [6.45, 7) is 0. The van der Waals surface area contributed by atoms with E-state index in [0.717, 1.165) is 12.3 Å². The third kappa shape index (κ3) is 0.572. The zero-order chi connectivity index (χ0) is 8.34. The summed E-state index contributed by atoms with van der Waals surface area (Å²) in [5, 5.41) is 9.16. The van der Waals surface area contributed by atoms with Gasteiger partial charge in [-0.15, -0.1) is 0 Å². The Balaban J connectivity index is 1.96. The molecule has 4 atom stereocenters. The van der Waals surface area contributed by atoms with Gasteiger partial charge in [0.05, 0.1) is 5.41 Å². The van der Waals surface area contributed by atoms with E-state index in [0.29, 0.717) is 11.8 Å². The molecule has 2 bridgehead atoms. The standard InChI is InChI=1S/C10H14O2/c11-9(12)10-4-3-6-1-2-7(10)8(10)5-6/h6-8H,1-5H2,(H,11,12). The second-order valence-electron chi connectivity index (χ2n) is 4.78. The minimum Gasteiger partial charge on any atom is -0.481 e. The molecule has 0 aromatic rings. The highest BCUT2D eigenvalue weighted by Gasteiger charge is 2.71. The summed E-state index contributed by atoms with van der Waals surface area (Å²) in [7, 11) is 0. The first kappa shape index (κ1) is 6.93. The number of fused-ring (bicyclic) bond motifs is 2. The first-order valence-electron chi connectivity index (χ1n) is 4.98. The Morgan fingerprint density at radius 1 is 1.25 bits per heavy atom. The molecule has 0 aromatic carbocycles. The molecule has 4 unspecified atom stereocenters. The molecule has 0 aromatic heterocycles. The summed E-state index contributed by atoms with van der Waals surface area (Å²) < 4.78 is 0. The van der Waals surface area contributed by atoms with Gasteiger partial charge >= 0.3 is 5.97 Å². The van der Waals surface area contributed by atoms with E-state index in [1.54, 1.807) is 0 Å². The minimum atomic E-state index is -0.502. The van der Waals surface area contributed by atoms with Crippen molar-refractivity contribution in [3.63, 3.8) is 0 Å². The van der Waals surface area contributed by atoms with Gasteiger partial charge in [0.25, 0.3) is 0 Å². The van der Waals surface area contributed by atoms with Crippen LogP contribution >= 0.6 is 0 Å². The maximum Gasteiger partial charge on any atom is 0.310 e. The van der Waals surface area contributed by atoms with Crippen LogP contribution in [0.5, 0.6) is 0 Å². The van der Waals surface area contributed by atoms with E-state index in [2.05, 4.69) is 0 Å². The number of hydrogen-bond acceptors (Lipinski definition) is 1. The number of carboxylic acid groups (broad SMARTS) is 1. The van der Waals surface area contributed by atoms with Gasteiger partial charge < -0.3 is 5.11 Å². The lowest BCUT2D eigenvalue weighted by molar-refractivity contribution is -0.145. The molecule has 3 fully saturated rings. The lowest BCUT2D eigenvalue weighted by Crippen LogP contribution is -2.23. The van der Waals surface area contributed by atoms with E-state index in [-0.39, 0.29) is 5.41 Å². The van der Waals surface area contributed by atoms with Crippen molar-refractivity contribution < 1.29 is 9.90 Å². The second-order valence-corrected chi connectivity index (χ2v) is 4.78. The van der Waals surface area contributed by atoms with E-state index in [4.69, 9.17) is 5.11 Å². The Labute approximate surface area is 72.0 Å². The first-order chi connectivity index (χ1) is 5.75. The summed E-state index contributed by atoms with van der Waals surface area (Å²) in [5.74, 6) is 1.51. The second kappa shape index (κ2) is 1.86. The van der Waals surface area contributed by atoms with Crippen LogP contribution < -0.4 is 0 Å². The van der Waals surface area contributed by atoms with Gasteiger partial charge in [0.2, 0.25) is 0 Å². The lowest BCUT2D eigenvalue weighted by Gasteiger charge is -2.24. The molecule has 2 nitrogen and oxygen atoms in total. The SMILES string of the molecule is O=C(O)C12CCC3CCC1C2C3. The highest BCUT2D eigenvalue weighted by Crippen LogP contribution is 2.72. The minimum absolute atomic E-state index is 0.229. The van der Waals surface area contributed by atoms with Crippen LogP contribution in [0.25, 0.3) is 0 Å². The molecule has 0 radical (unpaired) electrons. The van der Waals surface area contributed by atoms with Gasteiger partial charge in [-0.25, -0.2) is 0 Å². The van der Waals surface area contributed by atoms with Crippen LogP contribution in [0.3, 0.4) is 0 Å². The van der Waals surface area contributed by atoms with Gasteiger partial charge in [0.15, 0.2) is 0 Å². The molecule has 3 aliphatic rings. The molecule has 0 heterocycles. The molecule has 0 amide bonds. The van der Waals surface area contributed by atoms with Crippen LogP contribution in [0, 0.1) is 23.2 Å². The monoisotopic (exact) mass is 166 g/mol. The van der Waals surface area contributed by atoms with Crippen molar-refractivity contribution in [2.75, 3.05) is 0 Å². The average Bonchev–Trinajstić information content (AvgIpc) is 2.76. The van der Waals surface area contributed by atoms with Crippen LogP contribution in [-0.2, 0) is 4.79 Å². The van der Waals surface area contributed by atoms with Gasteiger partial charge in [-0.3, -0.25) is 4.79 Å². The zero-order valence-corrected chi connectivity index (χ0v) is 7.12. The van der Waals surface area contributed by atoms with Gasteiger partial charge in [-0.2, -0.15) is 0 Å². The molecule has 0 aliphatic heterocycles. The molecular weight excluding hydrogens is 152 g/mol. The van der Waals surface area contributed by atoms with Gasteiger partial charge in [-0.1, -0.05) is 6.42 Å². The third-order valence-electron chi connectivity index (χ3n) is 4.54. The van der Waals surface area contributed by atoms with Crippen molar-refractivity contribution in [2.24, 2.45) is 23.2 Å². The Hall–Kier alpha value is -0.530. The highest BCUT2D eigenvalue weighted by atomic mass is 16.4. The number of rotatable bonds is 1. The molecule has 3 rings (SSSR count). The number of hydrogen-bond donors (Lipinski definition) is 1. The van der Waals surface area contributed by atoms with E-state index in [1.165, 1.54) is 25.7 Å². The van der Waals surface area contributed by atoms with Crippen LogP contribution in [0.15, 0.2) is 0 Å². The summed E-state index contributed by atoms with van der Waals surface area (Å²) in [6, 6.07) is 0. The van der Waals surface area contributed by atoms with Crippen molar-refractivity contribution in [1.29, 1.82) is 0 Å². The number of carbonyl (C=O) groups is 1. The lowest BCUT2D eigenvalue weighted by atomic mass is 9.80. The van der Waals surface area contributed by atoms with E-state index < -0.39 is 5.97 Å². The van der Waals surface area contributed by atoms with Crippen molar-refractivity contribution in [3.05, 3.63) is 0 Å². The maximum atomic E-state index is 11.1. The van der Waals surface area contributed by atoms with Crippen LogP contribution in [-0.4, -0.2) is 11.1 Å². The Kier molecular flexibility index (Phi) is 1.07. The van der Waals surface area contributed by atoms with E-state index >= 15 is 0 Å². The summed E-state index contributed by atoms with van der Waals surface area (Å²) in [4.78, 5) is 11.1. The van der Waals surface area contributed by atoms with Crippen molar-refractivity contribution in [2.45, 2.75) is 32.1 Å². The average molecular weight is 166 g/mol. The topological polar surface area (TPSA) is 37.3 Å². The Bertz CT molecular complexity index is 242. The fourth-order valence-electron chi connectivity index (χ4n) is 3.83. The van der Waals surface area contributed by atoms with E-state index in [1.807, 2.05) is 0 Å². The molecule has 3 aliphatic carbocycles. The van der Waals surface area contributed by atoms with Crippen LogP contribution in [0.2, 0.25) is 0 Å². The molecule has 0 spiro atoms. The Morgan fingerprint density at radius 3 is 2.83 bits per heavy atom. The predicted molar refractivity (Wildman–Crippen MR) is 43.6 cm³/mol. The summed E-state index contributed by atoms with van der Waals surface area (Å²) in [5.41, 5.74) is -0.229. The predicted octanol–water partition coefficient (Wildman–Crippen LogP) is 1.90. The normalized spacial score (nSPS) is 54.8. The third-order valence-corrected chi connectivity index (χ3v) is 4.54. The molecule has 1 N–H and O–H groups in total. The fraction of sp³-hybridized carbons (Fsp3) is 0.900. The fourth-order valence-corrected chi connectivity index (χ4v) is 3.83. The number of aliphatic carboxylic acids is 1. The molecule has 3 saturated carbocycles. The van der Waals surface area contributed by atoms with Crippen LogP contribution in [0.1, 0.15) is 32.1 Å². The first-order valence-corrected chi connectivity index (χ1v) is 4.98. The van der Waals surface area contributed by atoms with Gasteiger partial charge in [-0.05, 0) is 43.4 Å². The number of carboxylic acids is 1. The molecule has 12 heavy (non-hydrogen) atoms. The molecule has 2 heteroatoms. The van der Waals surface area contributed by atoms with Crippen LogP contribution in [0.4, 0.5) is 0 Å². The van der Waals surface area contributed by atoms with E-state index in [9.17, 15) is 4.79 Å². The molecule has 66 valence electrons. The Morgan fingerprint density at radius 2 is 2.08 bits per heavy atom. The summed E-state index contributed by atoms with van der Waals surface area (Å²) >= 11 is 0.